The van der Waals surface area contributed by atoms with Crippen molar-refractivity contribution < 1.29 is 4.39 Å². The van der Waals surface area contributed by atoms with Crippen molar-refractivity contribution in [2.45, 2.75) is 6.92 Å². The molecule has 70 valence electrons. The first-order chi connectivity index (χ1) is 6.75. The molecule has 0 atom stereocenters. The van der Waals surface area contributed by atoms with E-state index in [9.17, 15) is 4.39 Å². The Hall–Kier alpha value is -1.77. The summed E-state index contributed by atoms with van der Waals surface area (Å²) < 4.78 is 12.6. The summed E-state index contributed by atoms with van der Waals surface area (Å²) in [7, 11) is 0. The van der Waals surface area contributed by atoms with Gasteiger partial charge in [0.2, 0.25) is 0 Å². The van der Waals surface area contributed by atoms with E-state index < -0.39 is 0 Å². The number of allylic oxidation sites excluding steroid dienone is 1. The molecular weight excluding hydrogens is 179 g/mol. The maximum Gasteiger partial charge on any atom is 0.0990 e. The molecule has 0 saturated carbocycles. The van der Waals surface area contributed by atoms with Crippen molar-refractivity contribution >= 4 is 17.1 Å². The van der Waals surface area contributed by atoms with E-state index in [0.717, 1.165) is 11.0 Å². The van der Waals surface area contributed by atoms with E-state index in [1.165, 1.54) is 13.0 Å². The third-order valence-corrected chi connectivity index (χ3v) is 1.81. The average Bonchev–Trinajstić information content (AvgIpc) is 2.17. The van der Waals surface area contributed by atoms with E-state index >= 15 is 0 Å². The zero-order valence-corrected chi connectivity index (χ0v) is 7.74. The average molecular weight is 188 g/mol. The van der Waals surface area contributed by atoms with E-state index in [4.69, 9.17) is 0 Å². The number of aromatic nitrogens is 2. The molecule has 0 amide bonds. The van der Waals surface area contributed by atoms with E-state index in [0.29, 0.717) is 5.69 Å². The quantitative estimate of drug-likeness (QED) is 0.687. The molecule has 0 spiro atoms. The summed E-state index contributed by atoms with van der Waals surface area (Å²) in [6.07, 6.45) is 2.92. The second kappa shape index (κ2) is 3.54. The minimum atomic E-state index is -0.269. The monoisotopic (exact) mass is 188 g/mol. The van der Waals surface area contributed by atoms with Crippen LogP contribution in [0, 0.1) is 0 Å². The lowest BCUT2D eigenvalue weighted by Crippen LogP contribution is -1.86. The number of rotatable bonds is 1. The fraction of sp³-hybridized carbons (Fsp3) is 0.0909. The molecule has 14 heavy (non-hydrogen) atoms. The van der Waals surface area contributed by atoms with E-state index in [2.05, 4.69) is 9.97 Å². The molecular formula is C11H9FN2. The van der Waals surface area contributed by atoms with Crippen LogP contribution in [0.2, 0.25) is 0 Å². The highest BCUT2D eigenvalue weighted by atomic mass is 19.1. The van der Waals surface area contributed by atoms with Crippen molar-refractivity contribution in [2.75, 3.05) is 0 Å². The standard InChI is InChI=1S/C11H9FN2/c1-8(12)6-9-7-13-10-4-2-3-5-11(10)14-9/h2-7H,1H3. The van der Waals surface area contributed by atoms with Crippen LogP contribution in [0.25, 0.3) is 17.1 Å². The van der Waals surface area contributed by atoms with Crippen molar-refractivity contribution in [3.05, 3.63) is 42.0 Å². The van der Waals surface area contributed by atoms with Crippen LogP contribution in [-0.4, -0.2) is 9.97 Å². The van der Waals surface area contributed by atoms with Gasteiger partial charge in [-0.05, 0) is 25.1 Å². The molecule has 0 fully saturated rings. The van der Waals surface area contributed by atoms with Crippen molar-refractivity contribution in [3.8, 4) is 0 Å². The van der Waals surface area contributed by atoms with Gasteiger partial charge in [-0.2, -0.15) is 0 Å². The summed E-state index contributed by atoms with van der Waals surface area (Å²) in [6.45, 7) is 1.39. The Labute approximate surface area is 81.1 Å². The molecule has 1 aromatic heterocycles. The SMILES string of the molecule is CC(F)=Cc1cnc2ccccc2n1. The van der Waals surface area contributed by atoms with Gasteiger partial charge in [0.1, 0.15) is 0 Å². The van der Waals surface area contributed by atoms with Crippen molar-refractivity contribution in [2.24, 2.45) is 0 Å². The second-order valence-electron chi connectivity index (χ2n) is 3.01. The predicted molar refractivity (Wildman–Crippen MR) is 54.3 cm³/mol. The van der Waals surface area contributed by atoms with Crippen molar-refractivity contribution in [1.82, 2.24) is 9.97 Å². The smallest absolute Gasteiger partial charge is 0.0990 e. The highest BCUT2D eigenvalue weighted by molar-refractivity contribution is 5.74. The van der Waals surface area contributed by atoms with Crippen LogP contribution in [0.1, 0.15) is 12.6 Å². The number of halogens is 1. The summed E-state index contributed by atoms with van der Waals surface area (Å²) in [5.74, 6) is -0.269. The molecule has 0 radical (unpaired) electrons. The third kappa shape index (κ3) is 1.76. The molecule has 2 rings (SSSR count). The molecule has 0 aliphatic carbocycles. The summed E-state index contributed by atoms with van der Waals surface area (Å²) in [5, 5.41) is 0. The molecule has 0 N–H and O–H groups in total. The van der Waals surface area contributed by atoms with Gasteiger partial charge in [-0.3, -0.25) is 4.98 Å². The Morgan fingerprint density at radius 3 is 2.71 bits per heavy atom. The Morgan fingerprint density at radius 2 is 2.00 bits per heavy atom. The molecule has 3 heteroatoms. The maximum atomic E-state index is 12.6. The van der Waals surface area contributed by atoms with Gasteiger partial charge >= 0.3 is 0 Å². The Morgan fingerprint density at radius 1 is 1.29 bits per heavy atom. The van der Waals surface area contributed by atoms with Gasteiger partial charge in [0.05, 0.1) is 28.8 Å². The number of nitrogens with zero attached hydrogens (tertiary/aromatic N) is 2. The molecule has 2 nitrogen and oxygen atoms in total. The third-order valence-electron chi connectivity index (χ3n) is 1.81. The van der Waals surface area contributed by atoms with E-state index in [1.54, 1.807) is 6.20 Å². The van der Waals surface area contributed by atoms with Gasteiger partial charge in [-0.25, -0.2) is 9.37 Å². The zero-order valence-electron chi connectivity index (χ0n) is 7.74. The second-order valence-corrected chi connectivity index (χ2v) is 3.01. The largest absolute Gasteiger partial charge is 0.252 e. The minimum absolute atomic E-state index is 0.269. The number of hydrogen-bond acceptors (Lipinski definition) is 2. The number of para-hydroxylation sites is 2. The maximum absolute atomic E-state index is 12.6. The Balaban J connectivity index is 2.57. The zero-order chi connectivity index (χ0) is 9.97. The number of benzene rings is 1. The van der Waals surface area contributed by atoms with Gasteiger partial charge in [-0.15, -0.1) is 0 Å². The molecule has 1 aromatic carbocycles. The molecule has 2 aromatic rings. The topological polar surface area (TPSA) is 25.8 Å². The number of fused-ring (bicyclic) bond motifs is 1. The first-order valence-electron chi connectivity index (χ1n) is 4.31. The lowest BCUT2D eigenvalue weighted by molar-refractivity contribution is 0.648. The minimum Gasteiger partial charge on any atom is -0.252 e. The Bertz CT molecular complexity index is 487. The molecule has 0 unspecified atom stereocenters. The number of hydrogen-bond donors (Lipinski definition) is 0. The van der Waals surface area contributed by atoms with Gasteiger partial charge in [0.25, 0.3) is 0 Å². The van der Waals surface area contributed by atoms with Crippen molar-refractivity contribution in [3.63, 3.8) is 0 Å². The summed E-state index contributed by atoms with van der Waals surface area (Å²) in [5.41, 5.74) is 2.15. The fourth-order valence-electron chi connectivity index (χ4n) is 1.24. The lowest BCUT2D eigenvalue weighted by Gasteiger charge is -1.97. The van der Waals surface area contributed by atoms with E-state index in [1.807, 2.05) is 24.3 Å². The lowest BCUT2D eigenvalue weighted by atomic mass is 10.3. The molecule has 0 aliphatic rings. The first-order valence-corrected chi connectivity index (χ1v) is 4.31. The van der Waals surface area contributed by atoms with Gasteiger partial charge in [0.15, 0.2) is 0 Å². The van der Waals surface area contributed by atoms with Crippen LogP contribution in [-0.2, 0) is 0 Å². The van der Waals surface area contributed by atoms with Crippen LogP contribution < -0.4 is 0 Å². The molecule has 0 saturated heterocycles. The Kier molecular flexibility index (Phi) is 2.23. The van der Waals surface area contributed by atoms with Crippen LogP contribution in [0.5, 0.6) is 0 Å². The fourth-order valence-corrected chi connectivity index (χ4v) is 1.24. The predicted octanol–water partition coefficient (Wildman–Crippen LogP) is 2.96. The highest BCUT2D eigenvalue weighted by Crippen LogP contribution is 2.10. The molecule has 0 bridgehead atoms. The van der Waals surface area contributed by atoms with Crippen LogP contribution in [0.4, 0.5) is 4.39 Å². The summed E-state index contributed by atoms with van der Waals surface area (Å²) in [6, 6.07) is 7.51. The van der Waals surface area contributed by atoms with Gasteiger partial charge in [-0.1, -0.05) is 12.1 Å². The normalized spacial score (nSPS) is 12.0. The van der Waals surface area contributed by atoms with Gasteiger partial charge in [0, 0.05) is 0 Å². The van der Waals surface area contributed by atoms with Crippen molar-refractivity contribution in [1.29, 1.82) is 0 Å². The van der Waals surface area contributed by atoms with Crippen LogP contribution in [0.3, 0.4) is 0 Å². The van der Waals surface area contributed by atoms with Crippen LogP contribution >= 0.6 is 0 Å². The van der Waals surface area contributed by atoms with E-state index in [-0.39, 0.29) is 5.83 Å². The van der Waals surface area contributed by atoms with Crippen LogP contribution in [0.15, 0.2) is 36.3 Å². The first kappa shape index (κ1) is 8.81. The highest BCUT2D eigenvalue weighted by Gasteiger charge is 1.96. The summed E-state index contributed by atoms with van der Waals surface area (Å²) in [4.78, 5) is 8.40. The van der Waals surface area contributed by atoms with Gasteiger partial charge < -0.3 is 0 Å². The molecule has 1 heterocycles. The summed E-state index contributed by atoms with van der Waals surface area (Å²) >= 11 is 0. The molecule has 0 aliphatic heterocycles.